The Morgan fingerprint density at radius 1 is 1.27 bits per heavy atom. The predicted octanol–water partition coefficient (Wildman–Crippen LogP) is 3.12. The van der Waals surface area contributed by atoms with Gasteiger partial charge in [0.25, 0.3) is 0 Å². The summed E-state index contributed by atoms with van der Waals surface area (Å²) in [6.07, 6.45) is 8.89. The lowest BCUT2D eigenvalue weighted by molar-refractivity contribution is 0.403. The highest BCUT2D eigenvalue weighted by Gasteiger charge is 2.23. The molecule has 1 aliphatic heterocycles. The Kier molecular flexibility index (Phi) is 4.34. The Morgan fingerprint density at radius 3 is 2.77 bits per heavy atom. The van der Waals surface area contributed by atoms with Gasteiger partial charge < -0.3 is 4.90 Å². The molecular weight excluding hydrogens is 272 g/mol. The summed E-state index contributed by atoms with van der Waals surface area (Å²) in [4.78, 5) is 10.7. The Balaban J connectivity index is 1.66. The topological polar surface area (TPSA) is 52.8 Å². The van der Waals surface area contributed by atoms with Crippen molar-refractivity contribution in [3.63, 3.8) is 0 Å². The van der Waals surface area contributed by atoms with Crippen LogP contribution < -0.4 is 4.90 Å². The second-order valence-corrected chi connectivity index (χ2v) is 5.93. The van der Waals surface area contributed by atoms with Crippen LogP contribution in [0, 0.1) is 24.2 Å². The van der Waals surface area contributed by atoms with E-state index in [0.29, 0.717) is 11.6 Å². The van der Waals surface area contributed by atoms with Crippen molar-refractivity contribution in [3.05, 3.63) is 53.6 Å². The molecule has 4 nitrogen and oxygen atoms in total. The minimum Gasteiger partial charge on any atom is -0.369 e. The van der Waals surface area contributed by atoms with Crippen LogP contribution in [0.1, 0.15) is 29.7 Å². The summed E-state index contributed by atoms with van der Waals surface area (Å²) in [6, 6.07) is 8.36. The maximum absolute atomic E-state index is 9.27. The van der Waals surface area contributed by atoms with E-state index in [1.54, 1.807) is 6.20 Å². The van der Waals surface area contributed by atoms with Gasteiger partial charge >= 0.3 is 0 Å². The molecule has 1 aliphatic rings. The molecular formula is C18H20N4. The number of nitriles is 1. The first-order valence-electron chi connectivity index (χ1n) is 7.77. The van der Waals surface area contributed by atoms with Crippen molar-refractivity contribution in [3.8, 4) is 6.07 Å². The molecule has 0 bridgehead atoms. The third-order valence-electron chi connectivity index (χ3n) is 4.41. The molecule has 0 aromatic carbocycles. The fourth-order valence-corrected chi connectivity index (χ4v) is 3.24. The first kappa shape index (κ1) is 14.5. The summed E-state index contributed by atoms with van der Waals surface area (Å²) in [5.74, 6) is 0.697. The van der Waals surface area contributed by atoms with E-state index < -0.39 is 0 Å². The van der Waals surface area contributed by atoms with E-state index in [1.165, 1.54) is 5.56 Å². The average molecular weight is 292 g/mol. The molecule has 1 saturated heterocycles. The van der Waals surface area contributed by atoms with Crippen LogP contribution in [0.25, 0.3) is 0 Å². The van der Waals surface area contributed by atoms with Gasteiger partial charge in [-0.1, -0.05) is 6.07 Å². The van der Waals surface area contributed by atoms with Gasteiger partial charge in [-0.2, -0.15) is 5.26 Å². The van der Waals surface area contributed by atoms with Crippen LogP contribution in [0.5, 0.6) is 0 Å². The molecule has 0 amide bonds. The van der Waals surface area contributed by atoms with Gasteiger partial charge in [0.05, 0.1) is 5.69 Å². The van der Waals surface area contributed by atoms with Crippen molar-refractivity contribution in [1.29, 1.82) is 5.26 Å². The Labute approximate surface area is 131 Å². The van der Waals surface area contributed by atoms with Crippen molar-refractivity contribution >= 4 is 5.69 Å². The third kappa shape index (κ3) is 3.09. The summed E-state index contributed by atoms with van der Waals surface area (Å²) in [6.45, 7) is 4.04. The maximum Gasteiger partial charge on any atom is 0.164 e. The zero-order chi connectivity index (χ0) is 15.4. The van der Waals surface area contributed by atoms with E-state index in [9.17, 15) is 5.26 Å². The second-order valence-electron chi connectivity index (χ2n) is 5.93. The van der Waals surface area contributed by atoms with E-state index in [1.807, 2.05) is 24.5 Å². The summed E-state index contributed by atoms with van der Waals surface area (Å²) < 4.78 is 0. The average Bonchev–Trinajstić information content (AvgIpc) is 2.56. The number of piperidine rings is 1. The molecule has 0 N–H and O–H groups in total. The van der Waals surface area contributed by atoms with Gasteiger partial charge in [0, 0.05) is 31.7 Å². The lowest BCUT2D eigenvalue weighted by Gasteiger charge is -2.34. The number of hydrogen-bond acceptors (Lipinski definition) is 4. The van der Waals surface area contributed by atoms with Crippen molar-refractivity contribution in [2.24, 2.45) is 5.92 Å². The molecule has 2 aromatic rings. The van der Waals surface area contributed by atoms with Gasteiger partial charge in [0.2, 0.25) is 0 Å². The van der Waals surface area contributed by atoms with Crippen molar-refractivity contribution in [2.45, 2.75) is 26.2 Å². The maximum atomic E-state index is 9.27. The normalized spacial score (nSPS) is 15.5. The summed E-state index contributed by atoms with van der Waals surface area (Å²) in [7, 11) is 0. The first-order chi connectivity index (χ1) is 10.8. The van der Waals surface area contributed by atoms with Gasteiger partial charge in [0.1, 0.15) is 6.07 Å². The van der Waals surface area contributed by atoms with Gasteiger partial charge in [-0.3, -0.25) is 4.98 Å². The highest BCUT2D eigenvalue weighted by atomic mass is 15.1. The molecule has 1 fully saturated rings. The van der Waals surface area contributed by atoms with Gasteiger partial charge in [-0.15, -0.1) is 0 Å². The van der Waals surface area contributed by atoms with Crippen molar-refractivity contribution in [1.82, 2.24) is 9.97 Å². The van der Waals surface area contributed by atoms with Crippen molar-refractivity contribution < 1.29 is 0 Å². The monoisotopic (exact) mass is 292 g/mol. The Hall–Kier alpha value is -2.41. The molecule has 0 unspecified atom stereocenters. The van der Waals surface area contributed by atoms with Crippen LogP contribution in [0.15, 0.2) is 36.8 Å². The highest BCUT2D eigenvalue weighted by Crippen LogP contribution is 2.29. The van der Waals surface area contributed by atoms with Crippen molar-refractivity contribution in [2.75, 3.05) is 18.0 Å². The molecule has 112 valence electrons. The van der Waals surface area contributed by atoms with E-state index in [2.05, 4.69) is 33.9 Å². The van der Waals surface area contributed by atoms with E-state index in [4.69, 9.17) is 0 Å². The first-order valence-corrected chi connectivity index (χ1v) is 7.77. The molecule has 0 spiro atoms. The SMILES string of the molecule is Cc1ccnc(C#N)c1N1CCC(Cc2cccnc2)CC1. The molecule has 2 aromatic heterocycles. The molecule has 3 heterocycles. The standard InChI is InChI=1S/C18H20N4/c1-14-4-8-21-17(12-19)18(14)22-9-5-15(6-10-22)11-16-3-2-7-20-13-16/h2-4,7-8,13,15H,5-6,9-11H2,1H3. The quantitative estimate of drug-likeness (QED) is 0.872. The lowest BCUT2D eigenvalue weighted by Crippen LogP contribution is -2.35. The summed E-state index contributed by atoms with van der Waals surface area (Å²) in [5, 5.41) is 9.27. The molecule has 0 saturated carbocycles. The summed E-state index contributed by atoms with van der Waals surface area (Å²) in [5.41, 5.74) is 4.02. The highest BCUT2D eigenvalue weighted by molar-refractivity contribution is 5.61. The number of anilines is 1. The van der Waals surface area contributed by atoms with E-state index in [-0.39, 0.29) is 0 Å². The fourth-order valence-electron chi connectivity index (χ4n) is 3.24. The largest absolute Gasteiger partial charge is 0.369 e. The third-order valence-corrected chi connectivity index (χ3v) is 4.41. The molecule has 0 radical (unpaired) electrons. The van der Waals surface area contributed by atoms with Crippen LogP contribution in [0.3, 0.4) is 0 Å². The van der Waals surface area contributed by atoms with Gasteiger partial charge in [-0.25, -0.2) is 4.98 Å². The number of aromatic nitrogens is 2. The minimum atomic E-state index is 0.547. The lowest BCUT2D eigenvalue weighted by atomic mass is 9.90. The molecule has 0 aliphatic carbocycles. The summed E-state index contributed by atoms with van der Waals surface area (Å²) >= 11 is 0. The smallest absolute Gasteiger partial charge is 0.164 e. The second kappa shape index (κ2) is 6.57. The van der Waals surface area contributed by atoms with Crippen LogP contribution in [-0.2, 0) is 6.42 Å². The van der Waals surface area contributed by atoms with E-state index in [0.717, 1.165) is 43.6 Å². The van der Waals surface area contributed by atoms with Gasteiger partial charge in [-0.05, 0) is 55.4 Å². The number of aryl methyl sites for hydroxylation is 1. The Morgan fingerprint density at radius 2 is 2.09 bits per heavy atom. The van der Waals surface area contributed by atoms with Crippen LogP contribution in [0.4, 0.5) is 5.69 Å². The Bertz CT molecular complexity index is 667. The fraction of sp³-hybridized carbons (Fsp3) is 0.389. The molecule has 22 heavy (non-hydrogen) atoms. The number of nitrogens with zero attached hydrogens (tertiary/aromatic N) is 4. The molecule has 3 rings (SSSR count). The van der Waals surface area contributed by atoms with Crippen LogP contribution in [0.2, 0.25) is 0 Å². The minimum absolute atomic E-state index is 0.547. The number of pyridine rings is 2. The number of rotatable bonds is 3. The zero-order valence-corrected chi connectivity index (χ0v) is 12.9. The zero-order valence-electron chi connectivity index (χ0n) is 12.9. The van der Waals surface area contributed by atoms with Crippen LogP contribution in [-0.4, -0.2) is 23.1 Å². The molecule has 0 atom stereocenters. The predicted molar refractivity (Wildman–Crippen MR) is 86.6 cm³/mol. The van der Waals surface area contributed by atoms with Crippen LogP contribution >= 0.6 is 0 Å². The number of hydrogen-bond donors (Lipinski definition) is 0. The van der Waals surface area contributed by atoms with Gasteiger partial charge in [0.15, 0.2) is 5.69 Å². The van der Waals surface area contributed by atoms with E-state index >= 15 is 0 Å². The molecule has 4 heteroatoms.